The van der Waals surface area contributed by atoms with E-state index in [0.29, 0.717) is 11.3 Å². The Labute approximate surface area is 108 Å². The van der Waals surface area contributed by atoms with E-state index in [1.807, 2.05) is 20.8 Å². The summed E-state index contributed by atoms with van der Waals surface area (Å²) in [4.78, 5) is 11.7. The molecule has 0 aromatic heterocycles. The Bertz CT molecular complexity index is 430. The van der Waals surface area contributed by atoms with Gasteiger partial charge in [0.2, 0.25) is 5.91 Å². The van der Waals surface area contributed by atoms with Gasteiger partial charge < -0.3 is 10.6 Å². The monoisotopic (exact) mass is 252 g/mol. The highest BCUT2D eigenvalue weighted by atomic mass is 19.1. The van der Waals surface area contributed by atoms with Crippen molar-refractivity contribution in [2.75, 3.05) is 11.9 Å². The summed E-state index contributed by atoms with van der Waals surface area (Å²) in [5, 5.41) is 5.86. The molecule has 1 rings (SSSR count). The molecule has 0 atom stereocenters. The van der Waals surface area contributed by atoms with Gasteiger partial charge in [0.05, 0.1) is 6.54 Å². The Balaban J connectivity index is 2.56. The third-order valence-electron chi connectivity index (χ3n) is 3.07. The highest BCUT2D eigenvalue weighted by Gasteiger charge is 2.17. The summed E-state index contributed by atoms with van der Waals surface area (Å²) >= 11 is 0. The van der Waals surface area contributed by atoms with Gasteiger partial charge in [0, 0.05) is 16.8 Å². The van der Waals surface area contributed by atoms with Crippen LogP contribution in [0.15, 0.2) is 18.2 Å². The smallest absolute Gasteiger partial charge is 0.239 e. The SMILES string of the molecule is CCC(C)(C)NC(=O)CNc1cccc(F)c1C. The zero-order valence-electron chi connectivity index (χ0n) is 11.4. The molecule has 0 spiro atoms. The minimum Gasteiger partial charge on any atom is -0.376 e. The second-order valence-electron chi connectivity index (χ2n) is 5.05. The van der Waals surface area contributed by atoms with Crippen LogP contribution in [0.1, 0.15) is 32.8 Å². The third kappa shape index (κ3) is 4.02. The van der Waals surface area contributed by atoms with Crippen molar-refractivity contribution >= 4 is 11.6 Å². The van der Waals surface area contributed by atoms with Gasteiger partial charge in [-0.15, -0.1) is 0 Å². The van der Waals surface area contributed by atoms with Crippen molar-refractivity contribution in [3.63, 3.8) is 0 Å². The van der Waals surface area contributed by atoms with Crippen LogP contribution in [0.2, 0.25) is 0 Å². The van der Waals surface area contributed by atoms with Crippen molar-refractivity contribution < 1.29 is 9.18 Å². The van der Waals surface area contributed by atoms with Crippen molar-refractivity contribution in [2.45, 2.75) is 39.7 Å². The lowest BCUT2D eigenvalue weighted by atomic mass is 10.0. The fraction of sp³-hybridized carbons (Fsp3) is 0.500. The van der Waals surface area contributed by atoms with Crippen molar-refractivity contribution in [2.24, 2.45) is 0 Å². The van der Waals surface area contributed by atoms with Gasteiger partial charge in [-0.2, -0.15) is 0 Å². The van der Waals surface area contributed by atoms with Crippen LogP contribution in [-0.4, -0.2) is 18.0 Å². The van der Waals surface area contributed by atoms with E-state index in [0.717, 1.165) is 6.42 Å². The molecule has 2 N–H and O–H groups in total. The number of anilines is 1. The number of carbonyl (C=O) groups excluding carboxylic acids is 1. The van der Waals surface area contributed by atoms with E-state index in [-0.39, 0.29) is 23.8 Å². The average Bonchev–Trinajstić information content (AvgIpc) is 2.30. The average molecular weight is 252 g/mol. The molecule has 0 bridgehead atoms. The molecule has 0 aliphatic carbocycles. The molecule has 1 aromatic rings. The Morgan fingerprint density at radius 1 is 1.39 bits per heavy atom. The Morgan fingerprint density at radius 3 is 2.67 bits per heavy atom. The van der Waals surface area contributed by atoms with Crippen LogP contribution in [0.3, 0.4) is 0 Å². The number of nitrogens with one attached hydrogen (secondary N) is 2. The number of hydrogen-bond donors (Lipinski definition) is 2. The first-order chi connectivity index (χ1) is 8.35. The zero-order chi connectivity index (χ0) is 13.8. The van der Waals surface area contributed by atoms with E-state index in [1.165, 1.54) is 6.07 Å². The lowest BCUT2D eigenvalue weighted by molar-refractivity contribution is -0.121. The summed E-state index contributed by atoms with van der Waals surface area (Å²) in [6.07, 6.45) is 0.859. The number of carbonyl (C=O) groups is 1. The molecule has 18 heavy (non-hydrogen) atoms. The second kappa shape index (κ2) is 5.85. The fourth-order valence-electron chi connectivity index (χ4n) is 1.48. The van der Waals surface area contributed by atoms with E-state index in [1.54, 1.807) is 19.1 Å². The van der Waals surface area contributed by atoms with Gasteiger partial charge >= 0.3 is 0 Å². The molecule has 0 saturated carbocycles. The van der Waals surface area contributed by atoms with Crippen LogP contribution < -0.4 is 10.6 Å². The molecule has 3 nitrogen and oxygen atoms in total. The molecular formula is C14H21FN2O. The second-order valence-corrected chi connectivity index (χ2v) is 5.05. The van der Waals surface area contributed by atoms with E-state index in [9.17, 15) is 9.18 Å². The number of halogens is 1. The van der Waals surface area contributed by atoms with Crippen molar-refractivity contribution in [3.05, 3.63) is 29.6 Å². The first kappa shape index (κ1) is 14.5. The molecule has 0 unspecified atom stereocenters. The maximum Gasteiger partial charge on any atom is 0.239 e. The standard InChI is InChI=1S/C14H21FN2O/c1-5-14(3,4)17-13(18)9-16-12-8-6-7-11(15)10(12)2/h6-8,16H,5,9H2,1-4H3,(H,17,18). The molecule has 0 saturated heterocycles. The van der Waals surface area contributed by atoms with Gasteiger partial charge in [0.15, 0.2) is 0 Å². The zero-order valence-corrected chi connectivity index (χ0v) is 11.4. The summed E-state index contributed by atoms with van der Waals surface area (Å²) in [7, 11) is 0. The van der Waals surface area contributed by atoms with Gasteiger partial charge in [-0.25, -0.2) is 4.39 Å². The van der Waals surface area contributed by atoms with Gasteiger partial charge in [-0.3, -0.25) is 4.79 Å². The Hall–Kier alpha value is -1.58. The topological polar surface area (TPSA) is 41.1 Å². The molecule has 4 heteroatoms. The third-order valence-corrected chi connectivity index (χ3v) is 3.07. The van der Waals surface area contributed by atoms with E-state index >= 15 is 0 Å². The predicted molar refractivity (Wildman–Crippen MR) is 72.1 cm³/mol. The summed E-state index contributed by atoms with van der Waals surface area (Å²) < 4.78 is 13.3. The van der Waals surface area contributed by atoms with Crippen LogP contribution >= 0.6 is 0 Å². The van der Waals surface area contributed by atoms with Crippen LogP contribution in [-0.2, 0) is 4.79 Å². The van der Waals surface area contributed by atoms with E-state index in [2.05, 4.69) is 10.6 Å². The van der Waals surface area contributed by atoms with Gasteiger partial charge in [0.1, 0.15) is 5.82 Å². The summed E-state index contributed by atoms with van der Waals surface area (Å²) in [5.41, 5.74) is 0.968. The molecule has 0 aliphatic rings. The minimum absolute atomic E-state index is 0.0921. The summed E-state index contributed by atoms with van der Waals surface area (Å²) in [6.45, 7) is 7.79. The van der Waals surface area contributed by atoms with Gasteiger partial charge in [-0.05, 0) is 39.3 Å². The first-order valence-electron chi connectivity index (χ1n) is 6.15. The maximum atomic E-state index is 13.3. The normalized spacial score (nSPS) is 11.2. The van der Waals surface area contributed by atoms with Crippen LogP contribution in [0.25, 0.3) is 0 Å². The fourth-order valence-corrected chi connectivity index (χ4v) is 1.48. The highest BCUT2D eigenvalue weighted by Crippen LogP contribution is 2.17. The van der Waals surface area contributed by atoms with Gasteiger partial charge in [-0.1, -0.05) is 13.0 Å². The van der Waals surface area contributed by atoms with Crippen LogP contribution in [0.5, 0.6) is 0 Å². The van der Waals surface area contributed by atoms with Crippen LogP contribution in [0.4, 0.5) is 10.1 Å². The first-order valence-corrected chi connectivity index (χ1v) is 6.15. The maximum absolute atomic E-state index is 13.3. The van der Waals surface area contributed by atoms with Gasteiger partial charge in [0.25, 0.3) is 0 Å². The summed E-state index contributed by atoms with van der Waals surface area (Å²) in [6, 6.07) is 4.79. The number of benzene rings is 1. The van der Waals surface area contributed by atoms with E-state index in [4.69, 9.17) is 0 Å². The van der Waals surface area contributed by atoms with Crippen molar-refractivity contribution in [1.82, 2.24) is 5.32 Å². The lowest BCUT2D eigenvalue weighted by Gasteiger charge is -2.24. The number of hydrogen-bond acceptors (Lipinski definition) is 2. The van der Waals surface area contributed by atoms with Crippen LogP contribution in [0, 0.1) is 12.7 Å². The number of amides is 1. The van der Waals surface area contributed by atoms with Crippen molar-refractivity contribution in [3.8, 4) is 0 Å². The largest absolute Gasteiger partial charge is 0.376 e. The highest BCUT2D eigenvalue weighted by molar-refractivity contribution is 5.81. The predicted octanol–water partition coefficient (Wildman–Crippen LogP) is 2.85. The molecule has 0 fully saturated rings. The Morgan fingerprint density at radius 2 is 2.06 bits per heavy atom. The van der Waals surface area contributed by atoms with Crippen molar-refractivity contribution in [1.29, 1.82) is 0 Å². The molecule has 0 aliphatic heterocycles. The van der Waals surface area contributed by atoms with E-state index < -0.39 is 0 Å². The Kier molecular flexibility index (Phi) is 4.70. The molecule has 1 amide bonds. The summed E-state index contributed by atoms with van der Waals surface area (Å²) in [5.74, 6) is -0.361. The molecular weight excluding hydrogens is 231 g/mol. The number of rotatable bonds is 5. The molecule has 0 heterocycles. The minimum atomic E-state index is -0.269. The molecule has 0 radical (unpaired) electrons. The quantitative estimate of drug-likeness (QED) is 0.846. The molecule has 1 aromatic carbocycles. The lowest BCUT2D eigenvalue weighted by Crippen LogP contribution is -2.45. The molecule has 100 valence electrons.